The van der Waals surface area contributed by atoms with Gasteiger partial charge in [-0.2, -0.15) is 0 Å². The summed E-state index contributed by atoms with van der Waals surface area (Å²) < 4.78 is 15.0. The normalized spacial score (nSPS) is 11.2. The van der Waals surface area contributed by atoms with Gasteiger partial charge in [0.25, 0.3) is 0 Å². The third kappa shape index (κ3) is 3.25. The van der Waals surface area contributed by atoms with Crippen molar-refractivity contribution < 1.29 is 18.7 Å². The van der Waals surface area contributed by atoms with Crippen LogP contribution >= 0.6 is 0 Å². The lowest BCUT2D eigenvalue weighted by atomic mass is 10.3. The molecule has 0 saturated heterocycles. The van der Waals surface area contributed by atoms with E-state index in [1.807, 2.05) is 0 Å². The molecule has 0 aliphatic rings. The van der Waals surface area contributed by atoms with Crippen LogP contribution in [-0.2, 0) is 18.7 Å². The molecule has 0 saturated carbocycles. The molecule has 12 heavy (non-hydrogen) atoms. The molecule has 0 aliphatic carbocycles. The van der Waals surface area contributed by atoms with Crippen LogP contribution in [0.15, 0.2) is 4.99 Å². The second-order valence-corrected chi connectivity index (χ2v) is 2.74. The van der Waals surface area contributed by atoms with Crippen LogP contribution in [-0.4, -0.2) is 49.7 Å². The number of hydrogen-bond acceptors (Lipinski definition) is 5. The maximum atomic E-state index is 9.85. The summed E-state index contributed by atoms with van der Waals surface area (Å²) in [6, 6.07) is 0. The third-order valence-electron chi connectivity index (χ3n) is 1.49. The molecule has 70 valence electrons. The first-order valence-corrected chi connectivity index (χ1v) is 4.19. The molecule has 0 fully saturated rings. The van der Waals surface area contributed by atoms with Crippen LogP contribution in [0, 0.1) is 0 Å². The van der Waals surface area contributed by atoms with Crippen LogP contribution in [0.5, 0.6) is 0 Å². The lowest BCUT2D eigenvalue weighted by Gasteiger charge is -2.27. The highest BCUT2D eigenvalue weighted by Crippen LogP contribution is 2.11. The van der Waals surface area contributed by atoms with Crippen molar-refractivity contribution in [1.82, 2.24) is 0 Å². The lowest BCUT2D eigenvalue weighted by molar-refractivity contribution is -0.214. The standard InChI is InChI=1S/C6H13NO4Si/c1-9-6(10-2,4-11-12)3-7-5-8/h3-4H2,1-2,12H3. The number of hydrogen-bond donors (Lipinski definition) is 0. The van der Waals surface area contributed by atoms with Crippen molar-refractivity contribution in [1.29, 1.82) is 0 Å². The van der Waals surface area contributed by atoms with Gasteiger partial charge < -0.3 is 13.9 Å². The minimum Gasteiger partial charge on any atom is -0.422 e. The van der Waals surface area contributed by atoms with Gasteiger partial charge in [-0.15, -0.1) is 0 Å². The monoisotopic (exact) mass is 191 g/mol. The van der Waals surface area contributed by atoms with E-state index >= 15 is 0 Å². The maximum Gasteiger partial charge on any atom is 0.235 e. The average Bonchev–Trinajstić information content (AvgIpc) is 2.13. The van der Waals surface area contributed by atoms with E-state index in [0.717, 1.165) is 0 Å². The molecule has 0 heterocycles. The van der Waals surface area contributed by atoms with Gasteiger partial charge in [0.05, 0.1) is 6.61 Å². The van der Waals surface area contributed by atoms with Gasteiger partial charge >= 0.3 is 0 Å². The Morgan fingerprint density at radius 2 is 2.08 bits per heavy atom. The molecule has 0 aliphatic heterocycles. The minimum absolute atomic E-state index is 0.103. The van der Waals surface area contributed by atoms with E-state index in [2.05, 4.69) is 4.99 Å². The largest absolute Gasteiger partial charge is 0.422 e. The Bertz CT molecular complexity index is 165. The van der Waals surface area contributed by atoms with Crippen molar-refractivity contribution in [2.45, 2.75) is 5.79 Å². The van der Waals surface area contributed by atoms with Crippen molar-refractivity contribution in [3.05, 3.63) is 0 Å². The van der Waals surface area contributed by atoms with Crippen molar-refractivity contribution in [3.63, 3.8) is 0 Å². The third-order valence-corrected chi connectivity index (χ3v) is 1.78. The highest BCUT2D eigenvalue weighted by atomic mass is 28.2. The van der Waals surface area contributed by atoms with Crippen LogP contribution < -0.4 is 0 Å². The number of carbonyl (C=O) groups excluding carboxylic acids is 1. The Morgan fingerprint density at radius 3 is 2.42 bits per heavy atom. The average molecular weight is 191 g/mol. The summed E-state index contributed by atoms with van der Waals surface area (Å²) in [7, 11) is 3.54. The molecule has 0 radical (unpaired) electrons. The number of rotatable bonds is 6. The van der Waals surface area contributed by atoms with Crippen molar-refractivity contribution in [2.24, 2.45) is 4.99 Å². The van der Waals surface area contributed by atoms with E-state index in [1.165, 1.54) is 20.3 Å². The maximum absolute atomic E-state index is 9.85. The quantitative estimate of drug-likeness (QED) is 0.224. The zero-order chi connectivity index (χ0) is 9.45. The summed E-state index contributed by atoms with van der Waals surface area (Å²) in [4.78, 5) is 13.2. The molecule has 0 amide bonds. The minimum atomic E-state index is -0.931. The molecule has 0 aromatic heterocycles. The van der Waals surface area contributed by atoms with Gasteiger partial charge in [0.1, 0.15) is 17.0 Å². The summed E-state index contributed by atoms with van der Waals surface area (Å²) in [5.74, 6) is -0.931. The molecule has 6 heteroatoms. The fraction of sp³-hybridized carbons (Fsp3) is 0.833. The summed E-state index contributed by atoms with van der Waals surface area (Å²) >= 11 is 0. The number of isocyanates is 1. The number of methoxy groups -OCH3 is 2. The van der Waals surface area contributed by atoms with Gasteiger partial charge in [-0.25, -0.2) is 9.79 Å². The highest BCUT2D eigenvalue weighted by molar-refractivity contribution is 5.97. The van der Waals surface area contributed by atoms with E-state index < -0.39 is 5.79 Å². The Morgan fingerprint density at radius 1 is 1.50 bits per heavy atom. The van der Waals surface area contributed by atoms with Crippen LogP contribution in [0.2, 0.25) is 0 Å². The highest BCUT2D eigenvalue weighted by Gasteiger charge is 2.29. The Balaban J connectivity index is 4.22. The summed E-state index contributed by atoms with van der Waals surface area (Å²) in [5, 5.41) is 0. The van der Waals surface area contributed by atoms with Crippen molar-refractivity contribution in [2.75, 3.05) is 27.4 Å². The first kappa shape index (κ1) is 11.5. The predicted molar refractivity (Wildman–Crippen MR) is 45.6 cm³/mol. The molecule has 0 spiro atoms. The molecule has 0 aromatic carbocycles. The van der Waals surface area contributed by atoms with E-state index in [-0.39, 0.29) is 13.2 Å². The van der Waals surface area contributed by atoms with Gasteiger partial charge in [0.2, 0.25) is 11.9 Å². The van der Waals surface area contributed by atoms with Crippen molar-refractivity contribution in [3.8, 4) is 0 Å². The zero-order valence-corrected chi connectivity index (χ0v) is 9.49. The van der Waals surface area contributed by atoms with E-state index in [1.54, 1.807) is 0 Å². The summed E-state index contributed by atoms with van der Waals surface area (Å²) in [6.45, 7) is 0.378. The zero-order valence-electron chi connectivity index (χ0n) is 7.49. The fourth-order valence-corrected chi connectivity index (χ4v) is 1.19. The molecular formula is C6H13NO4Si. The van der Waals surface area contributed by atoms with E-state index in [0.29, 0.717) is 10.5 Å². The molecule has 0 unspecified atom stereocenters. The Labute approximate surface area is 74.3 Å². The topological polar surface area (TPSA) is 57.1 Å². The second kappa shape index (κ2) is 6.04. The van der Waals surface area contributed by atoms with Gasteiger partial charge in [-0.05, 0) is 0 Å². The molecule has 0 bridgehead atoms. The van der Waals surface area contributed by atoms with Crippen LogP contribution in [0.25, 0.3) is 0 Å². The number of aliphatic imine (C=N–C) groups is 1. The van der Waals surface area contributed by atoms with Crippen molar-refractivity contribution >= 4 is 16.6 Å². The van der Waals surface area contributed by atoms with Crippen LogP contribution in [0.4, 0.5) is 0 Å². The van der Waals surface area contributed by atoms with E-state index in [9.17, 15) is 4.79 Å². The summed E-state index contributed by atoms with van der Waals surface area (Å²) in [6.07, 6.45) is 1.42. The first-order chi connectivity index (χ1) is 5.74. The smallest absolute Gasteiger partial charge is 0.235 e. The van der Waals surface area contributed by atoms with Gasteiger partial charge in [-0.1, -0.05) is 0 Å². The Hall–Kier alpha value is -0.523. The Kier molecular flexibility index (Phi) is 5.78. The molecular weight excluding hydrogens is 178 g/mol. The molecule has 0 rings (SSSR count). The van der Waals surface area contributed by atoms with Gasteiger partial charge in [0.15, 0.2) is 0 Å². The number of nitrogens with zero attached hydrogens (tertiary/aromatic N) is 1. The molecule has 0 N–H and O–H groups in total. The van der Waals surface area contributed by atoms with E-state index in [4.69, 9.17) is 13.9 Å². The molecule has 0 atom stereocenters. The molecule has 0 aromatic rings. The van der Waals surface area contributed by atoms with Crippen LogP contribution in [0.3, 0.4) is 0 Å². The van der Waals surface area contributed by atoms with Crippen LogP contribution in [0.1, 0.15) is 0 Å². The first-order valence-electron chi connectivity index (χ1n) is 3.37. The fourth-order valence-electron chi connectivity index (χ4n) is 0.749. The number of ether oxygens (including phenoxy) is 2. The summed E-state index contributed by atoms with van der Waals surface area (Å²) in [5.41, 5.74) is 0. The predicted octanol–water partition coefficient (Wildman–Crippen LogP) is -1.39. The molecule has 5 nitrogen and oxygen atoms in total. The second-order valence-electron chi connectivity index (χ2n) is 2.16. The SMILES string of the molecule is COC(CN=C=O)(CO[SiH3])OC. The lowest BCUT2D eigenvalue weighted by Crippen LogP contribution is -2.42. The van der Waals surface area contributed by atoms with Gasteiger partial charge in [-0.3, -0.25) is 0 Å². The van der Waals surface area contributed by atoms with Gasteiger partial charge in [0, 0.05) is 14.2 Å².